The fraction of sp³-hybridized carbons (Fsp3) is 0.235. The summed E-state index contributed by atoms with van der Waals surface area (Å²) < 4.78 is 4.76. The number of rotatable bonds is 6. The second-order valence-electron chi connectivity index (χ2n) is 5.14. The van der Waals surface area contributed by atoms with Gasteiger partial charge >= 0.3 is 6.03 Å². The molecule has 0 spiro atoms. The van der Waals surface area contributed by atoms with E-state index >= 15 is 0 Å². The highest BCUT2D eigenvalue weighted by Gasteiger charge is 2.06. The summed E-state index contributed by atoms with van der Waals surface area (Å²) in [6.45, 7) is 2.25. The van der Waals surface area contributed by atoms with Crippen molar-refractivity contribution < 1.29 is 14.3 Å². The molecule has 0 saturated heterocycles. The molecule has 7 heteroatoms. The minimum atomic E-state index is -0.347. The lowest BCUT2D eigenvalue weighted by atomic mass is 10.2. The highest BCUT2D eigenvalue weighted by atomic mass is 16.5. The average molecular weight is 328 g/mol. The van der Waals surface area contributed by atoms with Gasteiger partial charge in [0.2, 0.25) is 5.91 Å². The molecule has 1 aromatic carbocycles. The van der Waals surface area contributed by atoms with Gasteiger partial charge < -0.3 is 20.7 Å². The summed E-state index contributed by atoms with van der Waals surface area (Å²) in [6, 6.07) is 10.3. The van der Waals surface area contributed by atoms with Crippen molar-refractivity contribution >= 4 is 23.3 Å². The van der Waals surface area contributed by atoms with Crippen LogP contribution in [0.5, 0.6) is 0 Å². The number of urea groups is 1. The summed E-state index contributed by atoms with van der Waals surface area (Å²) >= 11 is 0. The molecule has 0 saturated carbocycles. The molecule has 0 bridgehead atoms. The van der Waals surface area contributed by atoms with Crippen LogP contribution in [0, 0.1) is 6.92 Å². The van der Waals surface area contributed by atoms with Crippen LogP contribution < -0.4 is 16.0 Å². The summed E-state index contributed by atoms with van der Waals surface area (Å²) in [7, 11) is 1.45. The SMILES string of the molecule is COCC(=O)Nc1cccc(NC(=O)NCc2ncccc2C)c1. The number of pyridine rings is 1. The minimum absolute atomic E-state index is 0.0262. The predicted molar refractivity (Wildman–Crippen MR) is 91.8 cm³/mol. The van der Waals surface area contributed by atoms with Crippen LogP contribution in [0.4, 0.5) is 16.2 Å². The minimum Gasteiger partial charge on any atom is -0.375 e. The summed E-state index contributed by atoms with van der Waals surface area (Å²) in [5.41, 5.74) is 2.98. The third-order valence-electron chi connectivity index (χ3n) is 3.21. The summed E-state index contributed by atoms with van der Waals surface area (Å²) in [4.78, 5) is 27.7. The van der Waals surface area contributed by atoms with Crippen LogP contribution in [0.3, 0.4) is 0 Å². The maximum atomic E-state index is 12.0. The standard InChI is InChI=1S/C17H20N4O3/c1-12-5-4-8-18-15(12)10-19-17(23)21-14-7-3-6-13(9-14)20-16(22)11-24-2/h3-9H,10-11H2,1-2H3,(H,20,22)(H2,19,21,23). The van der Waals surface area contributed by atoms with Gasteiger partial charge in [-0.05, 0) is 36.8 Å². The molecule has 24 heavy (non-hydrogen) atoms. The molecule has 0 aliphatic rings. The first-order chi connectivity index (χ1) is 11.6. The molecular weight excluding hydrogens is 308 g/mol. The fourth-order valence-corrected chi connectivity index (χ4v) is 2.05. The zero-order valence-corrected chi connectivity index (χ0v) is 13.6. The van der Waals surface area contributed by atoms with Gasteiger partial charge in [-0.3, -0.25) is 9.78 Å². The van der Waals surface area contributed by atoms with Crippen LogP contribution in [0.2, 0.25) is 0 Å². The number of methoxy groups -OCH3 is 1. The molecule has 0 aliphatic carbocycles. The number of hydrogen-bond donors (Lipinski definition) is 3. The van der Waals surface area contributed by atoms with Gasteiger partial charge in [-0.15, -0.1) is 0 Å². The van der Waals surface area contributed by atoms with Crippen molar-refractivity contribution in [3.05, 3.63) is 53.9 Å². The number of amides is 3. The lowest BCUT2D eigenvalue weighted by Crippen LogP contribution is -2.28. The normalized spacial score (nSPS) is 10.1. The van der Waals surface area contributed by atoms with Crippen molar-refractivity contribution in [3.63, 3.8) is 0 Å². The zero-order valence-electron chi connectivity index (χ0n) is 13.6. The maximum absolute atomic E-state index is 12.0. The Morgan fingerprint density at radius 2 is 1.88 bits per heavy atom. The predicted octanol–water partition coefficient (Wildman–Crippen LogP) is 2.30. The number of hydrogen-bond acceptors (Lipinski definition) is 4. The Hall–Kier alpha value is -2.93. The van der Waals surface area contributed by atoms with Gasteiger partial charge in [-0.2, -0.15) is 0 Å². The smallest absolute Gasteiger partial charge is 0.319 e. The molecule has 1 heterocycles. The first kappa shape index (κ1) is 17.4. The van der Waals surface area contributed by atoms with Crippen molar-refractivity contribution in [2.75, 3.05) is 24.4 Å². The van der Waals surface area contributed by atoms with E-state index in [4.69, 9.17) is 4.74 Å². The number of carbonyl (C=O) groups is 2. The first-order valence-electron chi connectivity index (χ1n) is 7.42. The van der Waals surface area contributed by atoms with E-state index < -0.39 is 0 Å². The molecule has 2 aromatic rings. The molecule has 0 unspecified atom stereocenters. The van der Waals surface area contributed by atoms with E-state index in [2.05, 4.69) is 20.9 Å². The monoisotopic (exact) mass is 328 g/mol. The van der Waals surface area contributed by atoms with Crippen molar-refractivity contribution in [3.8, 4) is 0 Å². The Labute approximate surface area is 140 Å². The van der Waals surface area contributed by atoms with Gasteiger partial charge in [0.1, 0.15) is 6.61 Å². The van der Waals surface area contributed by atoms with Crippen LogP contribution in [0.25, 0.3) is 0 Å². The van der Waals surface area contributed by atoms with Gasteiger partial charge in [-0.1, -0.05) is 12.1 Å². The average Bonchev–Trinajstić information content (AvgIpc) is 2.54. The van der Waals surface area contributed by atoms with Crippen LogP contribution in [0.15, 0.2) is 42.6 Å². The Bertz CT molecular complexity index is 718. The van der Waals surface area contributed by atoms with Gasteiger partial charge in [0.05, 0.1) is 12.2 Å². The van der Waals surface area contributed by atoms with E-state index in [1.807, 2.05) is 19.1 Å². The van der Waals surface area contributed by atoms with E-state index in [0.717, 1.165) is 11.3 Å². The van der Waals surface area contributed by atoms with Crippen LogP contribution in [-0.2, 0) is 16.1 Å². The van der Waals surface area contributed by atoms with Gasteiger partial charge in [0, 0.05) is 24.7 Å². The number of carbonyl (C=O) groups excluding carboxylic acids is 2. The molecule has 0 fully saturated rings. The van der Waals surface area contributed by atoms with E-state index in [1.165, 1.54) is 7.11 Å². The Morgan fingerprint density at radius 1 is 1.12 bits per heavy atom. The van der Waals surface area contributed by atoms with E-state index in [-0.39, 0.29) is 18.5 Å². The summed E-state index contributed by atoms with van der Waals surface area (Å²) in [5.74, 6) is -0.260. The first-order valence-corrected chi connectivity index (χ1v) is 7.42. The number of aromatic nitrogens is 1. The van der Waals surface area contributed by atoms with Crippen LogP contribution >= 0.6 is 0 Å². The number of anilines is 2. The Balaban J connectivity index is 1.89. The molecule has 0 radical (unpaired) electrons. The molecule has 3 amide bonds. The number of benzene rings is 1. The largest absolute Gasteiger partial charge is 0.375 e. The molecule has 3 N–H and O–H groups in total. The van der Waals surface area contributed by atoms with Gasteiger partial charge in [0.25, 0.3) is 0 Å². The highest BCUT2D eigenvalue weighted by Crippen LogP contribution is 2.15. The van der Waals surface area contributed by atoms with E-state index in [9.17, 15) is 9.59 Å². The van der Waals surface area contributed by atoms with Gasteiger partial charge in [-0.25, -0.2) is 4.79 Å². The fourth-order valence-electron chi connectivity index (χ4n) is 2.05. The number of nitrogens with zero attached hydrogens (tertiary/aromatic N) is 1. The third kappa shape index (κ3) is 5.36. The summed E-state index contributed by atoms with van der Waals surface area (Å²) in [6.07, 6.45) is 1.69. The Kier molecular flexibility index (Phi) is 6.27. The molecular formula is C17H20N4O3. The molecule has 2 rings (SSSR count). The zero-order chi connectivity index (χ0) is 17.4. The molecule has 1 aromatic heterocycles. The molecule has 0 atom stereocenters. The lowest BCUT2D eigenvalue weighted by molar-refractivity contribution is -0.119. The van der Waals surface area contributed by atoms with Crippen molar-refractivity contribution in [2.24, 2.45) is 0 Å². The van der Waals surface area contributed by atoms with Crippen molar-refractivity contribution in [1.29, 1.82) is 0 Å². The second kappa shape index (κ2) is 8.64. The van der Waals surface area contributed by atoms with Crippen molar-refractivity contribution in [2.45, 2.75) is 13.5 Å². The topological polar surface area (TPSA) is 92.4 Å². The third-order valence-corrected chi connectivity index (χ3v) is 3.21. The second-order valence-corrected chi connectivity index (χ2v) is 5.14. The molecule has 126 valence electrons. The van der Waals surface area contributed by atoms with Crippen LogP contribution in [-0.4, -0.2) is 30.6 Å². The van der Waals surface area contributed by atoms with E-state index in [1.54, 1.807) is 30.5 Å². The summed E-state index contributed by atoms with van der Waals surface area (Å²) in [5, 5.41) is 8.14. The van der Waals surface area contributed by atoms with Gasteiger partial charge in [0.15, 0.2) is 0 Å². The quantitative estimate of drug-likeness (QED) is 0.758. The molecule has 0 aliphatic heterocycles. The lowest BCUT2D eigenvalue weighted by Gasteiger charge is -2.10. The van der Waals surface area contributed by atoms with Crippen molar-refractivity contribution in [1.82, 2.24) is 10.3 Å². The van der Waals surface area contributed by atoms with Crippen LogP contribution in [0.1, 0.15) is 11.3 Å². The Morgan fingerprint density at radius 3 is 2.58 bits per heavy atom. The number of nitrogens with one attached hydrogen (secondary N) is 3. The number of aryl methyl sites for hydroxylation is 1. The highest BCUT2D eigenvalue weighted by molar-refractivity contribution is 5.94. The van der Waals surface area contributed by atoms with E-state index in [0.29, 0.717) is 17.9 Å². The molecule has 7 nitrogen and oxygen atoms in total. The number of ether oxygens (including phenoxy) is 1. The maximum Gasteiger partial charge on any atom is 0.319 e.